The molecule has 0 atom stereocenters. The summed E-state index contributed by atoms with van der Waals surface area (Å²) in [5.41, 5.74) is 4.07. The van der Waals surface area contributed by atoms with Crippen LogP contribution in [0.25, 0.3) is 27.3 Å². The maximum Gasteiger partial charge on any atom is 0.328 e. The van der Waals surface area contributed by atoms with E-state index in [4.69, 9.17) is 5.10 Å². The van der Waals surface area contributed by atoms with E-state index in [-0.39, 0.29) is 23.6 Å². The average molecular weight is 722 g/mol. The highest BCUT2D eigenvalue weighted by atomic mass is 16.2. The minimum atomic E-state index is -0.429. The molecule has 14 heteroatoms. The lowest BCUT2D eigenvalue weighted by atomic mass is 9.84. The molecule has 1 aliphatic carbocycles. The van der Waals surface area contributed by atoms with Crippen LogP contribution < -0.4 is 15.5 Å². The van der Waals surface area contributed by atoms with Gasteiger partial charge in [0.05, 0.1) is 23.4 Å². The van der Waals surface area contributed by atoms with Gasteiger partial charge in [-0.05, 0) is 99.3 Å². The second kappa shape index (κ2) is 14.0. The second-order valence-electron chi connectivity index (χ2n) is 14.7. The number of hydrogen-bond donors (Lipinski definition) is 2. The normalized spacial score (nSPS) is 20.0. The lowest BCUT2D eigenvalue weighted by Crippen LogP contribution is -2.49. The largest absolute Gasteiger partial charge is 0.328 e. The fourth-order valence-electron chi connectivity index (χ4n) is 8.53. The number of fused-ring (bicyclic) bond motifs is 3. The van der Waals surface area contributed by atoms with Gasteiger partial charge in [0.25, 0.3) is 5.91 Å². The Kier molecular flexibility index (Phi) is 8.70. The highest BCUT2D eigenvalue weighted by Crippen LogP contribution is 2.36. The van der Waals surface area contributed by atoms with Crippen molar-refractivity contribution in [1.29, 1.82) is 5.26 Å². The van der Waals surface area contributed by atoms with Crippen LogP contribution in [-0.4, -0.2) is 78.3 Å². The van der Waals surface area contributed by atoms with Crippen LogP contribution in [0.15, 0.2) is 73.4 Å². The van der Waals surface area contributed by atoms with Crippen molar-refractivity contribution in [2.24, 2.45) is 5.92 Å². The van der Waals surface area contributed by atoms with Gasteiger partial charge in [-0.15, -0.1) is 0 Å². The number of likely N-dealkylation sites (tertiary alicyclic amines) is 1. The van der Waals surface area contributed by atoms with Crippen LogP contribution in [0.1, 0.15) is 78.5 Å². The molecule has 4 amide bonds. The first-order chi connectivity index (χ1) is 26.4. The number of carbonyl (C=O) groups is 3. The quantitative estimate of drug-likeness (QED) is 0.207. The number of benzene rings is 2. The predicted octanol–water partition coefficient (Wildman–Crippen LogP) is 5.81. The number of carbonyl (C=O) groups excluding carboxylic acids is 3. The number of anilines is 2. The maximum absolute atomic E-state index is 13.2. The van der Waals surface area contributed by atoms with E-state index < -0.39 is 11.9 Å². The molecule has 6 aromatic rings. The third-order valence-corrected chi connectivity index (χ3v) is 11.4. The van der Waals surface area contributed by atoms with Crippen molar-refractivity contribution in [2.45, 2.75) is 56.9 Å². The number of aromatic nitrogens is 6. The molecule has 0 spiro atoms. The molecule has 0 unspecified atom stereocenters. The Labute approximate surface area is 310 Å². The first-order valence-electron chi connectivity index (χ1n) is 18.7. The zero-order valence-corrected chi connectivity index (χ0v) is 29.7. The van der Waals surface area contributed by atoms with E-state index in [1.165, 1.54) is 22.9 Å². The fraction of sp³-hybridized carbons (Fsp3) is 0.350. The van der Waals surface area contributed by atoms with E-state index in [2.05, 4.69) is 59.7 Å². The number of piperidine rings is 1. The molecule has 272 valence electrons. The van der Waals surface area contributed by atoms with Gasteiger partial charge < -0.3 is 10.2 Å². The monoisotopic (exact) mass is 721 g/mol. The van der Waals surface area contributed by atoms with Crippen LogP contribution in [0.4, 0.5) is 16.2 Å². The molecule has 9 rings (SSSR count). The second-order valence-corrected chi connectivity index (χ2v) is 14.7. The van der Waals surface area contributed by atoms with Gasteiger partial charge in [-0.25, -0.2) is 14.3 Å². The Hall–Kier alpha value is -6.20. The summed E-state index contributed by atoms with van der Waals surface area (Å²) in [6.07, 6.45) is 15.9. The maximum atomic E-state index is 13.2. The molecule has 1 saturated carbocycles. The summed E-state index contributed by atoms with van der Waals surface area (Å²) in [6, 6.07) is 15.8. The van der Waals surface area contributed by atoms with E-state index in [1.807, 2.05) is 30.5 Å². The summed E-state index contributed by atoms with van der Waals surface area (Å²) in [5.74, 6) is 0.486. The zero-order chi connectivity index (χ0) is 36.8. The molecule has 2 N–H and O–H groups in total. The van der Waals surface area contributed by atoms with Gasteiger partial charge in [0.2, 0.25) is 5.91 Å². The van der Waals surface area contributed by atoms with E-state index in [0.717, 1.165) is 72.7 Å². The lowest BCUT2D eigenvalue weighted by molar-refractivity contribution is -0.120. The fourth-order valence-corrected chi connectivity index (χ4v) is 8.53. The molecule has 2 aromatic carbocycles. The third-order valence-electron chi connectivity index (χ3n) is 11.4. The van der Waals surface area contributed by atoms with Crippen molar-refractivity contribution < 1.29 is 14.4 Å². The molecule has 4 aromatic heterocycles. The number of urea groups is 1. The van der Waals surface area contributed by atoms with Gasteiger partial charge in [-0.3, -0.25) is 29.5 Å². The van der Waals surface area contributed by atoms with Crippen LogP contribution >= 0.6 is 0 Å². The van der Waals surface area contributed by atoms with Crippen molar-refractivity contribution in [1.82, 2.24) is 39.6 Å². The first kappa shape index (κ1) is 33.6. The van der Waals surface area contributed by atoms with Crippen molar-refractivity contribution in [3.8, 4) is 6.07 Å². The van der Waals surface area contributed by atoms with Crippen LogP contribution in [0, 0.1) is 17.2 Å². The van der Waals surface area contributed by atoms with Gasteiger partial charge in [0.15, 0.2) is 11.3 Å². The number of nitrogens with one attached hydrogen (secondary N) is 2. The van der Waals surface area contributed by atoms with Crippen molar-refractivity contribution in [2.75, 3.05) is 36.4 Å². The molecule has 3 fully saturated rings. The van der Waals surface area contributed by atoms with Crippen LogP contribution in [0.3, 0.4) is 0 Å². The number of rotatable bonds is 7. The van der Waals surface area contributed by atoms with Gasteiger partial charge in [0, 0.05) is 66.1 Å². The third kappa shape index (κ3) is 6.40. The van der Waals surface area contributed by atoms with Gasteiger partial charge in [-0.2, -0.15) is 15.5 Å². The molecular weight excluding hydrogens is 683 g/mol. The van der Waals surface area contributed by atoms with Crippen LogP contribution in [0.5, 0.6) is 0 Å². The summed E-state index contributed by atoms with van der Waals surface area (Å²) >= 11 is 0. The average Bonchev–Trinajstić information content (AvgIpc) is 3.80. The Morgan fingerprint density at radius 3 is 2.63 bits per heavy atom. The highest BCUT2D eigenvalue weighted by molar-refractivity contribution is 6.11. The van der Waals surface area contributed by atoms with Gasteiger partial charge >= 0.3 is 6.03 Å². The summed E-state index contributed by atoms with van der Waals surface area (Å²) in [6.45, 7) is 3.65. The smallest absolute Gasteiger partial charge is 0.322 e. The number of imide groups is 1. The summed E-state index contributed by atoms with van der Waals surface area (Å²) in [5, 5.41) is 26.9. The summed E-state index contributed by atoms with van der Waals surface area (Å²) in [4.78, 5) is 50.3. The van der Waals surface area contributed by atoms with Crippen LogP contribution in [0.2, 0.25) is 0 Å². The number of nitrogens with zero attached hydrogens (tertiary/aromatic N) is 9. The first-order valence-corrected chi connectivity index (χ1v) is 18.7. The predicted molar refractivity (Wildman–Crippen MR) is 202 cm³/mol. The minimum absolute atomic E-state index is 0.0302. The molecule has 6 heterocycles. The van der Waals surface area contributed by atoms with Crippen molar-refractivity contribution >= 4 is 56.5 Å². The molecule has 54 heavy (non-hydrogen) atoms. The van der Waals surface area contributed by atoms with Gasteiger partial charge in [0.1, 0.15) is 11.6 Å². The van der Waals surface area contributed by atoms with E-state index in [0.29, 0.717) is 35.8 Å². The molecule has 2 saturated heterocycles. The summed E-state index contributed by atoms with van der Waals surface area (Å²) in [7, 11) is 0. The molecule has 0 bridgehead atoms. The van der Waals surface area contributed by atoms with E-state index in [1.54, 1.807) is 29.6 Å². The SMILES string of the molecule is N#Cc1nn2cccnc2c1C(=O)Nc1ccc2nn(C3CCC(CN4CCC(c5ccc6c(N7CCC(=O)NC7=O)cncc6c5)CC4)CC3)cc2c1. The standard InChI is InChI=1S/C40H39N11O3/c41-20-34-37(38-43-13-1-14-50(38)47-34)39(53)44-30-5-9-33-29(19-30)24-51(46-33)31-6-2-25(3-7-31)23-48-15-10-26(11-16-48)27-4-8-32-28(18-27)21-42-22-35(32)49-17-12-36(52)45-40(49)54/h1,4-5,8-9,13-14,18-19,21-22,24-26,31H,2-3,6-7,10-12,15-17,23H2,(H,44,53)(H,45,52,54). The zero-order valence-electron chi connectivity index (χ0n) is 29.7. The molecule has 3 aliphatic rings. The van der Waals surface area contributed by atoms with Crippen LogP contribution in [-0.2, 0) is 4.79 Å². The summed E-state index contributed by atoms with van der Waals surface area (Å²) < 4.78 is 3.54. The van der Waals surface area contributed by atoms with Gasteiger partial charge in [-0.1, -0.05) is 12.1 Å². The number of hydrogen-bond acceptors (Lipinski definition) is 9. The molecular formula is C40H39N11O3. The molecule has 2 aliphatic heterocycles. The van der Waals surface area contributed by atoms with E-state index in [9.17, 15) is 19.6 Å². The Bertz CT molecular complexity index is 2470. The van der Waals surface area contributed by atoms with Crippen molar-refractivity contribution in [3.05, 3.63) is 90.3 Å². The molecule has 14 nitrogen and oxygen atoms in total. The Balaban J connectivity index is 0.780. The number of pyridine rings is 1. The topological polar surface area (TPSA) is 166 Å². The number of amides is 4. The number of nitriles is 1. The molecule has 0 radical (unpaired) electrons. The van der Waals surface area contributed by atoms with Crippen molar-refractivity contribution in [3.63, 3.8) is 0 Å². The Morgan fingerprint density at radius 2 is 1.81 bits per heavy atom. The lowest BCUT2D eigenvalue weighted by Gasteiger charge is -2.37. The minimum Gasteiger partial charge on any atom is -0.322 e. The Morgan fingerprint density at radius 1 is 0.963 bits per heavy atom. The highest BCUT2D eigenvalue weighted by Gasteiger charge is 2.29. The van der Waals surface area contributed by atoms with E-state index >= 15 is 0 Å².